The molecule has 142 valence electrons. The lowest BCUT2D eigenvalue weighted by molar-refractivity contribution is 0.0955. The minimum atomic E-state index is -0.336. The van der Waals surface area contributed by atoms with Gasteiger partial charge >= 0.3 is 0 Å². The van der Waals surface area contributed by atoms with Crippen molar-refractivity contribution in [3.63, 3.8) is 0 Å². The maximum atomic E-state index is 12.2. The summed E-state index contributed by atoms with van der Waals surface area (Å²) in [5, 5.41) is 4.09. The first-order valence-electron chi connectivity index (χ1n) is 8.51. The molecule has 27 heavy (non-hydrogen) atoms. The molecule has 0 fully saturated rings. The van der Waals surface area contributed by atoms with E-state index >= 15 is 0 Å². The quantitative estimate of drug-likeness (QED) is 0.594. The molecule has 2 heterocycles. The zero-order valence-corrected chi connectivity index (χ0v) is 15.4. The van der Waals surface area contributed by atoms with Crippen LogP contribution in [0.1, 0.15) is 34.8 Å². The molecule has 2 aromatic rings. The van der Waals surface area contributed by atoms with E-state index in [2.05, 4.69) is 22.4 Å². The molecule has 0 saturated heterocycles. The summed E-state index contributed by atoms with van der Waals surface area (Å²) < 4.78 is 22.2. The van der Waals surface area contributed by atoms with E-state index in [1.165, 1.54) is 6.21 Å². The van der Waals surface area contributed by atoms with Gasteiger partial charge in [0.1, 0.15) is 0 Å². The summed E-state index contributed by atoms with van der Waals surface area (Å²) in [4.78, 5) is 16.0. The number of aromatic nitrogens is 1. The number of pyridine rings is 1. The average molecular weight is 371 g/mol. The Labute approximate surface area is 157 Å². The summed E-state index contributed by atoms with van der Waals surface area (Å²) in [6.45, 7) is 2.15. The maximum absolute atomic E-state index is 12.2. The van der Waals surface area contributed by atoms with Crippen LogP contribution in [0.4, 0.5) is 0 Å². The standard InChI is InChI=1S/C19H21N3O5/c1-4-5-13-14(10-21-22-19(23)12-6-8-20-9-7-12)16(25-3)18-17(15(13)24-2)26-11-27-18/h6-10H,4-5,11H2,1-3H3,(H,22,23)/b21-10+. The van der Waals surface area contributed by atoms with Crippen LogP contribution in [0.25, 0.3) is 0 Å². The number of amides is 1. The van der Waals surface area contributed by atoms with Gasteiger partial charge in [-0.1, -0.05) is 13.3 Å². The van der Waals surface area contributed by atoms with Gasteiger partial charge < -0.3 is 18.9 Å². The van der Waals surface area contributed by atoms with Crippen molar-refractivity contribution in [3.05, 3.63) is 41.2 Å². The average Bonchev–Trinajstić information content (AvgIpc) is 3.18. The van der Waals surface area contributed by atoms with Crippen LogP contribution in [0.15, 0.2) is 29.6 Å². The van der Waals surface area contributed by atoms with Gasteiger partial charge in [-0.2, -0.15) is 5.10 Å². The summed E-state index contributed by atoms with van der Waals surface area (Å²) >= 11 is 0. The summed E-state index contributed by atoms with van der Waals surface area (Å²) in [7, 11) is 3.13. The first-order valence-corrected chi connectivity index (χ1v) is 8.51. The van der Waals surface area contributed by atoms with Crippen LogP contribution in [0, 0.1) is 0 Å². The van der Waals surface area contributed by atoms with Crippen LogP contribution in [0.5, 0.6) is 23.0 Å². The molecule has 1 aliphatic rings. The monoisotopic (exact) mass is 371 g/mol. The third-order valence-electron chi connectivity index (χ3n) is 4.08. The third-order valence-corrected chi connectivity index (χ3v) is 4.08. The van der Waals surface area contributed by atoms with Gasteiger partial charge in [0, 0.05) is 29.1 Å². The SMILES string of the molecule is CCCc1c(/C=N/NC(=O)c2ccncc2)c(OC)c2c(c1OC)OCO2. The zero-order chi connectivity index (χ0) is 19.2. The van der Waals surface area contributed by atoms with Crippen LogP contribution in [-0.2, 0) is 6.42 Å². The molecule has 0 radical (unpaired) electrons. The number of fused-ring (bicyclic) bond motifs is 1. The number of hydrogen-bond acceptors (Lipinski definition) is 7. The molecule has 0 atom stereocenters. The Balaban J connectivity index is 1.97. The maximum Gasteiger partial charge on any atom is 0.271 e. The molecular formula is C19H21N3O5. The number of carbonyl (C=O) groups excluding carboxylic acids is 1. The lowest BCUT2D eigenvalue weighted by Gasteiger charge is -2.17. The molecule has 1 aromatic heterocycles. The third kappa shape index (κ3) is 3.64. The first kappa shape index (κ1) is 18.5. The topological polar surface area (TPSA) is 91.3 Å². The highest BCUT2D eigenvalue weighted by Gasteiger charge is 2.30. The van der Waals surface area contributed by atoms with Crippen molar-refractivity contribution in [2.24, 2.45) is 5.10 Å². The van der Waals surface area contributed by atoms with E-state index in [0.717, 1.165) is 18.4 Å². The number of hydrazone groups is 1. The highest BCUT2D eigenvalue weighted by atomic mass is 16.7. The van der Waals surface area contributed by atoms with Crippen LogP contribution in [0.3, 0.4) is 0 Å². The van der Waals surface area contributed by atoms with Crippen molar-refractivity contribution >= 4 is 12.1 Å². The second-order valence-corrected chi connectivity index (χ2v) is 5.71. The summed E-state index contributed by atoms with van der Waals surface area (Å²) in [5.41, 5.74) is 4.53. The Morgan fingerprint density at radius 3 is 2.52 bits per heavy atom. The van der Waals surface area contributed by atoms with Crippen LogP contribution < -0.4 is 24.4 Å². The summed E-state index contributed by atoms with van der Waals surface area (Å²) in [6.07, 6.45) is 6.22. The van der Waals surface area contributed by atoms with Crippen molar-refractivity contribution in [2.75, 3.05) is 21.0 Å². The lowest BCUT2D eigenvalue weighted by atomic mass is 10.00. The summed E-state index contributed by atoms with van der Waals surface area (Å²) in [6, 6.07) is 3.22. The van der Waals surface area contributed by atoms with Crippen LogP contribution in [-0.4, -0.2) is 38.1 Å². The van der Waals surface area contributed by atoms with Gasteiger partial charge in [-0.15, -0.1) is 0 Å². The fourth-order valence-corrected chi connectivity index (χ4v) is 2.91. The number of carbonyl (C=O) groups is 1. The van der Waals surface area contributed by atoms with Crippen molar-refractivity contribution < 1.29 is 23.7 Å². The number of methoxy groups -OCH3 is 2. The Bertz CT molecular complexity index is 852. The molecule has 1 aliphatic heterocycles. The molecule has 8 heteroatoms. The Kier molecular flexibility index (Phi) is 5.75. The predicted octanol–water partition coefficient (Wildman–Crippen LogP) is 2.54. The zero-order valence-electron chi connectivity index (χ0n) is 15.4. The number of nitrogens with one attached hydrogen (secondary N) is 1. The fraction of sp³-hybridized carbons (Fsp3) is 0.316. The normalized spacial score (nSPS) is 12.3. The van der Waals surface area contributed by atoms with E-state index in [1.807, 2.05) is 0 Å². The van der Waals surface area contributed by atoms with E-state index in [9.17, 15) is 4.79 Å². The molecule has 1 amide bonds. The highest BCUT2D eigenvalue weighted by Crippen LogP contribution is 2.51. The van der Waals surface area contributed by atoms with E-state index < -0.39 is 0 Å². The van der Waals surface area contributed by atoms with Gasteiger partial charge in [0.05, 0.1) is 20.4 Å². The first-order chi connectivity index (χ1) is 13.2. The minimum absolute atomic E-state index is 0.0903. The van der Waals surface area contributed by atoms with E-state index in [4.69, 9.17) is 18.9 Å². The van der Waals surface area contributed by atoms with E-state index in [1.54, 1.807) is 38.7 Å². The van der Waals surface area contributed by atoms with Crippen molar-refractivity contribution in [3.8, 4) is 23.0 Å². The van der Waals surface area contributed by atoms with E-state index in [-0.39, 0.29) is 12.7 Å². The van der Waals surface area contributed by atoms with Crippen molar-refractivity contribution in [2.45, 2.75) is 19.8 Å². The number of hydrogen-bond donors (Lipinski definition) is 1. The van der Waals surface area contributed by atoms with Gasteiger partial charge in [-0.3, -0.25) is 9.78 Å². The number of ether oxygens (including phenoxy) is 4. The highest BCUT2D eigenvalue weighted by molar-refractivity contribution is 5.96. The number of rotatable bonds is 7. The molecule has 0 saturated carbocycles. The Morgan fingerprint density at radius 2 is 1.89 bits per heavy atom. The van der Waals surface area contributed by atoms with Crippen molar-refractivity contribution in [1.82, 2.24) is 10.4 Å². The molecule has 1 N–H and O–H groups in total. The number of nitrogens with zero attached hydrogens (tertiary/aromatic N) is 2. The Hall–Kier alpha value is -3.29. The van der Waals surface area contributed by atoms with Gasteiger partial charge in [0.2, 0.25) is 18.3 Å². The summed E-state index contributed by atoms with van der Waals surface area (Å²) in [5.74, 6) is 1.74. The largest absolute Gasteiger partial charge is 0.492 e. The molecule has 0 spiro atoms. The van der Waals surface area contributed by atoms with Gasteiger partial charge in [-0.05, 0) is 18.6 Å². The van der Waals surface area contributed by atoms with Crippen LogP contribution in [0.2, 0.25) is 0 Å². The van der Waals surface area contributed by atoms with Gasteiger partial charge in [0.15, 0.2) is 11.5 Å². The minimum Gasteiger partial charge on any atom is -0.492 e. The van der Waals surface area contributed by atoms with Crippen LogP contribution >= 0.6 is 0 Å². The molecular weight excluding hydrogens is 350 g/mol. The van der Waals surface area contributed by atoms with Gasteiger partial charge in [-0.25, -0.2) is 5.43 Å². The molecule has 8 nitrogen and oxygen atoms in total. The fourth-order valence-electron chi connectivity index (χ4n) is 2.91. The predicted molar refractivity (Wildman–Crippen MR) is 99.0 cm³/mol. The molecule has 0 bridgehead atoms. The molecule has 0 unspecified atom stereocenters. The van der Waals surface area contributed by atoms with E-state index in [0.29, 0.717) is 34.1 Å². The lowest BCUT2D eigenvalue weighted by Crippen LogP contribution is -2.17. The number of benzene rings is 1. The van der Waals surface area contributed by atoms with Gasteiger partial charge in [0.25, 0.3) is 5.91 Å². The van der Waals surface area contributed by atoms with Crippen molar-refractivity contribution in [1.29, 1.82) is 0 Å². The second-order valence-electron chi connectivity index (χ2n) is 5.71. The molecule has 1 aromatic carbocycles. The Morgan fingerprint density at radius 1 is 1.22 bits per heavy atom. The molecule has 3 rings (SSSR count). The smallest absolute Gasteiger partial charge is 0.271 e. The second kappa shape index (κ2) is 8.39. The molecule has 0 aliphatic carbocycles.